The molecule has 1 unspecified atom stereocenters. The normalized spacial score (nSPS) is 22.0. The third-order valence-corrected chi connectivity index (χ3v) is 2.53. The summed E-state index contributed by atoms with van der Waals surface area (Å²) in [6.45, 7) is 2.57. The van der Waals surface area contributed by atoms with Crippen molar-refractivity contribution in [3.8, 4) is 0 Å². The predicted octanol–water partition coefficient (Wildman–Crippen LogP) is 0.913. The van der Waals surface area contributed by atoms with Gasteiger partial charge in [-0.05, 0) is 20.0 Å². The maximum atomic E-state index is 11.6. The molecule has 1 aromatic heterocycles. The molecule has 76 valence electrons. The Morgan fingerprint density at radius 3 is 2.86 bits per heavy atom. The highest BCUT2D eigenvalue weighted by Gasteiger charge is 2.30. The van der Waals surface area contributed by atoms with E-state index in [1.807, 2.05) is 26.1 Å². The van der Waals surface area contributed by atoms with Gasteiger partial charge in [-0.2, -0.15) is 0 Å². The van der Waals surface area contributed by atoms with Crippen LogP contribution in [0.2, 0.25) is 0 Å². The zero-order valence-corrected chi connectivity index (χ0v) is 8.41. The molecule has 1 saturated heterocycles. The number of aryl methyl sites for hydroxylation is 1. The van der Waals surface area contributed by atoms with Gasteiger partial charge in [0.1, 0.15) is 5.76 Å². The first-order chi connectivity index (χ1) is 6.70. The van der Waals surface area contributed by atoms with Crippen LogP contribution in [-0.2, 0) is 4.79 Å². The minimum atomic E-state index is 0.124. The van der Waals surface area contributed by atoms with Gasteiger partial charge in [0.2, 0.25) is 11.8 Å². The largest absolute Gasteiger partial charge is 0.445 e. The lowest BCUT2D eigenvalue weighted by molar-refractivity contribution is -0.117. The van der Waals surface area contributed by atoms with E-state index in [2.05, 4.69) is 5.32 Å². The number of nitrogens with zero attached hydrogens (tertiary/aromatic N) is 1. The summed E-state index contributed by atoms with van der Waals surface area (Å²) >= 11 is 0. The molecule has 1 aliphatic rings. The molecule has 0 spiro atoms. The molecule has 1 amide bonds. The molecule has 1 atom stereocenters. The van der Waals surface area contributed by atoms with Crippen molar-refractivity contribution in [2.75, 3.05) is 18.5 Å². The summed E-state index contributed by atoms with van der Waals surface area (Å²) in [6, 6.07) is 3.95. The number of hydrogen-bond acceptors (Lipinski definition) is 3. The van der Waals surface area contributed by atoms with Crippen LogP contribution in [0.15, 0.2) is 16.5 Å². The summed E-state index contributed by atoms with van der Waals surface area (Å²) in [5, 5.41) is 3.10. The third kappa shape index (κ3) is 1.53. The quantitative estimate of drug-likeness (QED) is 0.761. The third-order valence-electron chi connectivity index (χ3n) is 2.53. The van der Waals surface area contributed by atoms with Crippen molar-refractivity contribution in [2.45, 2.75) is 19.4 Å². The number of hydrogen-bond donors (Lipinski definition) is 1. The van der Waals surface area contributed by atoms with Crippen molar-refractivity contribution in [2.24, 2.45) is 0 Å². The molecule has 0 bridgehead atoms. The van der Waals surface area contributed by atoms with E-state index in [0.717, 1.165) is 5.76 Å². The number of carbonyl (C=O) groups excluding carboxylic acids is 1. The summed E-state index contributed by atoms with van der Waals surface area (Å²) in [4.78, 5) is 13.3. The highest BCUT2D eigenvalue weighted by molar-refractivity contribution is 5.95. The van der Waals surface area contributed by atoms with Crippen LogP contribution in [0.5, 0.6) is 0 Å². The van der Waals surface area contributed by atoms with E-state index in [9.17, 15) is 4.79 Å². The molecular weight excluding hydrogens is 180 g/mol. The Morgan fingerprint density at radius 2 is 2.36 bits per heavy atom. The minimum Gasteiger partial charge on any atom is -0.445 e. The molecule has 1 aromatic rings. The van der Waals surface area contributed by atoms with Crippen LogP contribution in [0.25, 0.3) is 0 Å². The number of rotatable bonds is 2. The van der Waals surface area contributed by atoms with Crippen LogP contribution < -0.4 is 10.2 Å². The molecular formula is C10H14N2O2. The predicted molar refractivity (Wildman–Crippen MR) is 53.3 cm³/mol. The lowest BCUT2D eigenvalue weighted by Crippen LogP contribution is -2.29. The molecule has 4 heteroatoms. The lowest BCUT2D eigenvalue weighted by Gasteiger charge is -2.12. The number of nitrogens with one attached hydrogen (secondary N) is 1. The Balaban J connectivity index is 2.16. The van der Waals surface area contributed by atoms with Gasteiger partial charge in [-0.25, -0.2) is 0 Å². The first kappa shape index (κ1) is 9.27. The van der Waals surface area contributed by atoms with Crippen LogP contribution in [0.4, 0.5) is 5.88 Å². The van der Waals surface area contributed by atoms with Crippen LogP contribution in [0.3, 0.4) is 0 Å². The molecule has 14 heavy (non-hydrogen) atoms. The second-order valence-corrected chi connectivity index (χ2v) is 3.58. The first-order valence-corrected chi connectivity index (χ1v) is 4.75. The summed E-state index contributed by atoms with van der Waals surface area (Å²) in [5.74, 6) is 1.62. The summed E-state index contributed by atoms with van der Waals surface area (Å²) in [7, 11) is 1.87. The fourth-order valence-electron chi connectivity index (χ4n) is 1.68. The van der Waals surface area contributed by atoms with Crippen molar-refractivity contribution in [3.05, 3.63) is 17.9 Å². The molecule has 1 aliphatic heterocycles. The van der Waals surface area contributed by atoms with Crippen molar-refractivity contribution in [1.82, 2.24) is 5.32 Å². The van der Waals surface area contributed by atoms with Gasteiger partial charge in [-0.1, -0.05) is 0 Å². The average molecular weight is 194 g/mol. The second kappa shape index (κ2) is 3.46. The maximum absolute atomic E-state index is 11.6. The van der Waals surface area contributed by atoms with Crippen LogP contribution in [0.1, 0.15) is 12.2 Å². The highest BCUT2D eigenvalue weighted by atomic mass is 16.4. The Bertz CT molecular complexity index is 346. The zero-order valence-electron chi connectivity index (χ0n) is 8.41. The smallest absolute Gasteiger partial charge is 0.230 e. The minimum absolute atomic E-state index is 0.124. The van der Waals surface area contributed by atoms with E-state index >= 15 is 0 Å². The van der Waals surface area contributed by atoms with E-state index < -0.39 is 0 Å². The van der Waals surface area contributed by atoms with E-state index in [1.165, 1.54) is 0 Å². The summed E-state index contributed by atoms with van der Waals surface area (Å²) in [6.07, 6.45) is 0.552. The fourth-order valence-corrected chi connectivity index (χ4v) is 1.68. The Hall–Kier alpha value is -1.29. The van der Waals surface area contributed by atoms with E-state index in [-0.39, 0.29) is 11.9 Å². The van der Waals surface area contributed by atoms with Crippen LogP contribution in [0, 0.1) is 6.92 Å². The van der Waals surface area contributed by atoms with Crippen molar-refractivity contribution in [1.29, 1.82) is 0 Å². The second-order valence-electron chi connectivity index (χ2n) is 3.58. The number of anilines is 1. The Morgan fingerprint density at radius 1 is 1.57 bits per heavy atom. The Labute approximate surface area is 82.9 Å². The summed E-state index contributed by atoms with van der Waals surface area (Å²) < 4.78 is 5.41. The lowest BCUT2D eigenvalue weighted by atomic mass is 10.3. The monoisotopic (exact) mass is 194 g/mol. The molecule has 2 heterocycles. The number of amides is 1. The highest BCUT2D eigenvalue weighted by Crippen LogP contribution is 2.23. The molecule has 4 nitrogen and oxygen atoms in total. The SMILES string of the molecule is CNC1CC(=O)N(c2ccc(C)o2)C1. The molecule has 0 aromatic carbocycles. The van der Waals surface area contributed by atoms with E-state index in [4.69, 9.17) is 4.42 Å². The van der Waals surface area contributed by atoms with Gasteiger partial charge in [0, 0.05) is 25.1 Å². The standard InChI is InChI=1S/C10H14N2O2/c1-7-3-4-10(14-7)12-6-8(11-2)5-9(12)13/h3-4,8,11H,5-6H2,1-2H3. The van der Waals surface area contributed by atoms with Gasteiger partial charge in [-0.15, -0.1) is 0 Å². The van der Waals surface area contributed by atoms with Crippen molar-refractivity contribution >= 4 is 11.8 Å². The van der Waals surface area contributed by atoms with E-state index in [1.54, 1.807) is 4.90 Å². The van der Waals surface area contributed by atoms with Gasteiger partial charge in [0.05, 0.1) is 0 Å². The number of furan rings is 1. The molecule has 0 saturated carbocycles. The van der Waals surface area contributed by atoms with Gasteiger partial charge < -0.3 is 9.73 Å². The van der Waals surface area contributed by atoms with Gasteiger partial charge in [0.25, 0.3) is 0 Å². The zero-order chi connectivity index (χ0) is 10.1. The van der Waals surface area contributed by atoms with Crippen molar-refractivity contribution < 1.29 is 9.21 Å². The van der Waals surface area contributed by atoms with Crippen LogP contribution >= 0.6 is 0 Å². The van der Waals surface area contributed by atoms with Crippen molar-refractivity contribution in [3.63, 3.8) is 0 Å². The van der Waals surface area contributed by atoms with Gasteiger partial charge in [-0.3, -0.25) is 9.69 Å². The molecule has 1 N–H and O–H groups in total. The maximum Gasteiger partial charge on any atom is 0.230 e. The summed E-state index contributed by atoms with van der Waals surface area (Å²) in [5.41, 5.74) is 0. The molecule has 1 fully saturated rings. The number of likely N-dealkylation sites (N-methyl/N-ethyl adjacent to an activating group) is 1. The number of carbonyl (C=O) groups is 1. The average Bonchev–Trinajstić information content (AvgIpc) is 2.71. The topological polar surface area (TPSA) is 45.5 Å². The molecule has 0 radical (unpaired) electrons. The molecule has 2 rings (SSSR count). The Kier molecular flexibility index (Phi) is 2.29. The first-order valence-electron chi connectivity index (χ1n) is 4.75. The van der Waals surface area contributed by atoms with Gasteiger partial charge >= 0.3 is 0 Å². The fraction of sp³-hybridized carbons (Fsp3) is 0.500. The molecule has 0 aliphatic carbocycles. The van der Waals surface area contributed by atoms with E-state index in [0.29, 0.717) is 18.8 Å². The van der Waals surface area contributed by atoms with Gasteiger partial charge in [0.15, 0.2) is 0 Å². The van der Waals surface area contributed by atoms with Crippen LogP contribution in [-0.4, -0.2) is 25.5 Å².